The third kappa shape index (κ3) is 3.53. The Morgan fingerprint density at radius 2 is 2.13 bits per heavy atom. The maximum Gasteiger partial charge on any atom is 0.269 e. The molecule has 0 spiro atoms. The van der Waals surface area contributed by atoms with Crippen molar-refractivity contribution >= 4 is 5.69 Å². The van der Waals surface area contributed by atoms with Gasteiger partial charge in [-0.15, -0.1) is 0 Å². The van der Waals surface area contributed by atoms with E-state index in [9.17, 15) is 10.1 Å². The van der Waals surface area contributed by atoms with E-state index in [0.29, 0.717) is 5.75 Å². The van der Waals surface area contributed by atoms with E-state index >= 15 is 0 Å². The van der Waals surface area contributed by atoms with Gasteiger partial charge in [-0.2, -0.15) is 0 Å². The van der Waals surface area contributed by atoms with Crippen LogP contribution in [-0.4, -0.2) is 18.1 Å². The van der Waals surface area contributed by atoms with Crippen LogP contribution in [0.2, 0.25) is 0 Å². The summed E-state index contributed by atoms with van der Waals surface area (Å²) in [4.78, 5) is 12.4. The summed E-state index contributed by atoms with van der Waals surface area (Å²) in [5.41, 5.74) is 8.00. The molecule has 0 atom stereocenters. The molecule has 0 unspecified atom stereocenters. The largest absolute Gasteiger partial charge is 0.493 e. The van der Waals surface area contributed by atoms with Gasteiger partial charge in [0, 0.05) is 17.0 Å². The van der Waals surface area contributed by atoms with Crippen LogP contribution in [0.5, 0.6) is 5.75 Å². The fourth-order valence-corrected chi connectivity index (χ4v) is 0.913. The maximum absolute atomic E-state index is 10.3. The van der Waals surface area contributed by atoms with Crippen LogP contribution >= 0.6 is 0 Å². The summed E-state index contributed by atoms with van der Waals surface area (Å²) in [5, 5.41) is 13.6. The van der Waals surface area contributed by atoms with Gasteiger partial charge in [-0.3, -0.25) is 10.1 Å². The predicted molar refractivity (Wildman–Crippen MR) is 52.6 cm³/mol. The van der Waals surface area contributed by atoms with E-state index in [-0.39, 0.29) is 18.8 Å². The van der Waals surface area contributed by atoms with Crippen LogP contribution in [0.25, 0.3) is 10.4 Å². The fraction of sp³-hybridized carbons (Fsp3) is 0.250. The molecular formula is C8H8N4O3. The molecule has 0 saturated carbocycles. The van der Waals surface area contributed by atoms with Crippen molar-refractivity contribution in [1.82, 2.24) is 0 Å². The number of hydrogen-bond donors (Lipinski definition) is 0. The molecular weight excluding hydrogens is 200 g/mol. The second kappa shape index (κ2) is 5.46. The number of nitrogens with zero attached hydrogens (tertiary/aromatic N) is 4. The Hall–Kier alpha value is -2.27. The lowest BCUT2D eigenvalue weighted by Crippen LogP contribution is -2.00. The molecule has 1 aromatic rings. The predicted octanol–water partition coefficient (Wildman–Crippen LogP) is 2.28. The third-order valence-electron chi connectivity index (χ3n) is 1.57. The van der Waals surface area contributed by atoms with Crippen molar-refractivity contribution in [2.75, 3.05) is 13.2 Å². The quantitative estimate of drug-likeness (QED) is 0.185. The van der Waals surface area contributed by atoms with Crippen LogP contribution in [0.4, 0.5) is 5.69 Å². The van der Waals surface area contributed by atoms with Gasteiger partial charge in [0.2, 0.25) is 0 Å². The topological polar surface area (TPSA) is 101 Å². The molecule has 15 heavy (non-hydrogen) atoms. The first-order valence-corrected chi connectivity index (χ1v) is 4.12. The normalized spacial score (nSPS) is 9.07. The second-order valence-corrected chi connectivity index (χ2v) is 2.55. The number of ether oxygens (including phenoxy) is 1. The van der Waals surface area contributed by atoms with Crippen LogP contribution < -0.4 is 4.74 Å². The van der Waals surface area contributed by atoms with Gasteiger partial charge in [0.15, 0.2) is 0 Å². The van der Waals surface area contributed by atoms with Crippen LogP contribution in [0.1, 0.15) is 0 Å². The molecule has 1 rings (SSSR count). The highest BCUT2D eigenvalue weighted by atomic mass is 16.6. The van der Waals surface area contributed by atoms with Crippen LogP contribution in [-0.2, 0) is 0 Å². The van der Waals surface area contributed by atoms with E-state index < -0.39 is 4.92 Å². The molecule has 0 aliphatic heterocycles. The molecule has 0 saturated heterocycles. The monoisotopic (exact) mass is 208 g/mol. The summed E-state index contributed by atoms with van der Waals surface area (Å²) < 4.78 is 5.16. The number of rotatable bonds is 5. The van der Waals surface area contributed by atoms with Crippen LogP contribution in [0.3, 0.4) is 0 Å². The summed E-state index contributed by atoms with van der Waals surface area (Å²) in [6, 6.07) is 5.69. The number of azide groups is 1. The van der Waals surface area contributed by atoms with Crippen LogP contribution in [0.15, 0.2) is 29.4 Å². The first-order chi connectivity index (χ1) is 7.24. The Balaban J connectivity index is 2.49. The lowest BCUT2D eigenvalue weighted by molar-refractivity contribution is -0.384. The van der Waals surface area contributed by atoms with Crippen molar-refractivity contribution in [3.05, 3.63) is 44.8 Å². The minimum absolute atomic E-state index is 0.0115. The van der Waals surface area contributed by atoms with Crippen LogP contribution in [0, 0.1) is 10.1 Å². The lowest BCUT2D eigenvalue weighted by atomic mass is 10.3. The molecule has 0 N–H and O–H groups in total. The molecule has 1 aromatic carbocycles. The zero-order chi connectivity index (χ0) is 11.1. The van der Waals surface area contributed by atoms with E-state index in [4.69, 9.17) is 10.3 Å². The molecule has 0 heterocycles. The summed E-state index contributed by atoms with van der Waals surface area (Å²) in [5.74, 6) is 0.508. The minimum Gasteiger partial charge on any atom is -0.493 e. The highest BCUT2D eigenvalue weighted by Gasteiger charge is 2.03. The van der Waals surface area contributed by atoms with Gasteiger partial charge in [0.25, 0.3) is 5.69 Å². The average Bonchev–Trinajstić information content (AvgIpc) is 2.25. The molecule has 0 aliphatic carbocycles. The van der Waals surface area contributed by atoms with E-state index in [0.717, 1.165) is 0 Å². The Bertz CT molecular complexity index is 383. The smallest absolute Gasteiger partial charge is 0.269 e. The molecule has 7 nitrogen and oxygen atoms in total. The van der Waals surface area contributed by atoms with Crippen molar-refractivity contribution in [1.29, 1.82) is 0 Å². The summed E-state index contributed by atoms with van der Waals surface area (Å²) in [6.45, 7) is 0.482. The van der Waals surface area contributed by atoms with Crippen molar-refractivity contribution in [3.8, 4) is 5.75 Å². The van der Waals surface area contributed by atoms with Gasteiger partial charge in [0.05, 0.1) is 18.1 Å². The maximum atomic E-state index is 10.3. The standard InChI is InChI=1S/C8H8N4O3/c9-11-10-5-6-15-8-3-1-7(2-4-8)12(13)14/h1-4H,5-6H2. The van der Waals surface area contributed by atoms with E-state index in [1.54, 1.807) is 0 Å². The van der Waals surface area contributed by atoms with Gasteiger partial charge in [-0.25, -0.2) is 0 Å². The van der Waals surface area contributed by atoms with Crippen molar-refractivity contribution in [3.63, 3.8) is 0 Å². The van der Waals surface area contributed by atoms with E-state index in [2.05, 4.69) is 10.0 Å². The first kappa shape index (κ1) is 10.8. The molecule has 0 amide bonds. The van der Waals surface area contributed by atoms with Gasteiger partial charge >= 0.3 is 0 Å². The second-order valence-electron chi connectivity index (χ2n) is 2.55. The number of non-ortho nitro benzene ring substituents is 1. The van der Waals surface area contributed by atoms with Gasteiger partial charge in [0.1, 0.15) is 5.75 Å². The van der Waals surface area contributed by atoms with E-state index in [1.807, 2.05) is 0 Å². The summed E-state index contributed by atoms with van der Waals surface area (Å²) >= 11 is 0. The number of benzene rings is 1. The number of nitro benzene ring substituents is 1. The molecule has 78 valence electrons. The molecule has 0 fully saturated rings. The first-order valence-electron chi connectivity index (χ1n) is 4.12. The number of hydrogen-bond acceptors (Lipinski definition) is 4. The summed E-state index contributed by atoms with van der Waals surface area (Å²) in [7, 11) is 0. The number of nitro groups is 1. The van der Waals surface area contributed by atoms with Crippen molar-refractivity contribution in [2.24, 2.45) is 5.11 Å². The molecule has 0 bridgehead atoms. The Kier molecular flexibility index (Phi) is 3.93. The fourth-order valence-electron chi connectivity index (χ4n) is 0.913. The molecule has 0 aromatic heterocycles. The van der Waals surface area contributed by atoms with Crippen molar-refractivity contribution < 1.29 is 9.66 Å². The van der Waals surface area contributed by atoms with Gasteiger partial charge < -0.3 is 4.74 Å². The van der Waals surface area contributed by atoms with Crippen molar-refractivity contribution in [2.45, 2.75) is 0 Å². The zero-order valence-corrected chi connectivity index (χ0v) is 7.74. The Labute approximate surface area is 85.1 Å². The Morgan fingerprint density at radius 3 is 2.67 bits per heavy atom. The highest BCUT2D eigenvalue weighted by molar-refractivity contribution is 5.35. The van der Waals surface area contributed by atoms with Gasteiger partial charge in [-0.1, -0.05) is 5.11 Å². The summed E-state index contributed by atoms with van der Waals surface area (Å²) in [6.07, 6.45) is 0. The SMILES string of the molecule is [N-]=[N+]=NCCOc1ccc([N+](=O)[O-])cc1. The molecule has 0 aliphatic rings. The minimum atomic E-state index is -0.482. The Morgan fingerprint density at radius 1 is 1.47 bits per heavy atom. The van der Waals surface area contributed by atoms with E-state index in [1.165, 1.54) is 24.3 Å². The molecule has 7 heteroatoms. The zero-order valence-electron chi connectivity index (χ0n) is 7.74. The highest BCUT2D eigenvalue weighted by Crippen LogP contribution is 2.16. The molecule has 0 radical (unpaired) electrons. The average molecular weight is 208 g/mol. The van der Waals surface area contributed by atoms with Gasteiger partial charge in [-0.05, 0) is 17.7 Å². The third-order valence-corrected chi connectivity index (χ3v) is 1.57. The lowest BCUT2D eigenvalue weighted by Gasteiger charge is -2.02.